The zero-order chi connectivity index (χ0) is 13.3. The molecule has 0 heterocycles. The molecule has 3 nitrogen and oxygen atoms in total. The summed E-state index contributed by atoms with van der Waals surface area (Å²) in [7, 11) is 0. The third-order valence-corrected chi connectivity index (χ3v) is 1.91. The van der Waals surface area contributed by atoms with Crippen molar-refractivity contribution in [1.29, 1.82) is 0 Å². The van der Waals surface area contributed by atoms with E-state index in [0.717, 1.165) is 5.57 Å². The second-order valence-corrected chi connectivity index (χ2v) is 3.47. The van der Waals surface area contributed by atoms with Crippen LogP contribution in [0.4, 0.5) is 0 Å². The molecule has 0 aromatic carbocycles. The van der Waals surface area contributed by atoms with E-state index in [-0.39, 0.29) is 0 Å². The summed E-state index contributed by atoms with van der Waals surface area (Å²) in [6.07, 6.45) is 11.0. The third kappa shape index (κ3) is 6.20. The molecule has 0 aromatic heterocycles. The van der Waals surface area contributed by atoms with Gasteiger partial charge in [0.1, 0.15) is 0 Å². The van der Waals surface area contributed by atoms with Gasteiger partial charge in [0.25, 0.3) is 0 Å². The van der Waals surface area contributed by atoms with Crippen molar-refractivity contribution in [2.24, 2.45) is 16.5 Å². The molecule has 0 saturated carbocycles. The minimum absolute atomic E-state index is 0.432. The van der Waals surface area contributed by atoms with Crippen LogP contribution in [0.3, 0.4) is 0 Å². The fourth-order valence-corrected chi connectivity index (χ4v) is 1.21. The van der Waals surface area contributed by atoms with E-state index in [1.807, 2.05) is 51.2 Å². The highest BCUT2D eigenvalue weighted by Crippen LogP contribution is 2.13. The van der Waals surface area contributed by atoms with Gasteiger partial charge in [-0.05, 0) is 38.5 Å². The second kappa shape index (κ2) is 8.16. The summed E-state index contributed by atoms with van der Waals surface area (Å²) in [5.74, 6) is 0. The van der Waals surface area contributed by atoms with Gasteiger partial charge in [0.2, 0.25) is 0 Å². The van der Waals surface area contributed by atoms with Gasteiger partial charge < -0.3 is 11.5 Å². The van der Waals surface area contributed by atoms with Crippen LogP contribution in [0.2, 0.25) is 0 Å². The Labute approximate surface area is 104 Å². The minimum Gasteiger partial charge on any atom is -0.399 e. The molecule has 0 aliphatic carbocycles. The van der Waals surface area contributed by atoms with E-state index in [2.05, 4.69) is 11.6 Å². The lowest BCUT2D eigenvalue weighted by Crippen LogP contribution is -2.01. The van der Waals surface area contributed by atoms with E-state index < -0.39 is 0 Å². The molecule has 0 radical (unpaired) electrons. The van der Waals surface area contributed by atoms with Crippen molar-refractivity contribution in [2.45, 2.75) is 20.8 Å². The maximum absolute atomic E-state index is 5.83. The van der Waals surface area contributed by atoms with Crippen LogP contribution in [0.15, 0.2) is 64.6 Å². The number of nitrogens with zero attached hydrogens (tertiary/aromatic N) is 1. The molecular formula is C14H21N3. The predicted molar refractivity (Wildman–Crippen MR) is 76.4 cm³/mol. The Hall–Kier alpha value is -2.03. The van der Waals surface area contributed by atoms with Crippen molar-refractivity contribution in [2.75, 3.05) is 0 Å². The molecule has 0 spiro atoms. The summed E-state index contributed by atoms with van der Waals surface area (Å²) in [5, 5.41) is 0. The van der Waals surface area contributed by atoms with E-state index in [1.54, 1.807) is 6.21 Å². The van der Waals surface area contributed by atoms with Gasteiger partial charge in [-0.3, -0.25) is 4.99 Å². The van der Waals surface area contributed by atoms with Crippen molar-refractivity contribution < 1.29 is 0 Å². The normalized spacial score (nSPS) is 14.9. The van der Waals surface area contributed by atoms with Gasteiger partial charge in [0, 0.05) is 11.9 Å². The summed E-state index contributed by atoms with van der Waals surface area (Å²) in [6.45, 7) is 9.36. The van der Waals surface area contributed by atoms with Gasteiger partial charge in [-0.15, -0.1) is 0 Å². The lowest BCUT2D eigenvalue weighted by Gasteiger charge is -2.04. The zero-order valence-electron chi connectivity index (χ0n) is 10.8. The summed E-state index contributed by atoms with van der Waals surface area (Å²) in [6, 6.07) is 0. The van der Waals surface area contributed by atoms with Crippen LogP contribution < -0.4 is 11.5 Å². The minimum atomic E-state index is 0.432. The van der Waals surface area contributed by atoms with E-state index >= 15 is 0 Å². The van der Waals surface area contributed by atoms with Crippen molar-refractivity contribution in [1.82, 2.24) is 0 Å². The van der Waals surface area contributed by atoms with Gasteiger partial charge in [-0.25, -0.2) is 0 Å². The SMILES string of the molecule is C=C(N)C(/N=C\C)=C(C)\C=C(N)\C=C/C=C\C. The Bertz CT molecular complexity index is 407. The Morgan fingerprint density at radius 3 is 2.29 bits per heavy atom. The predicted octanol–water partition coefficient (Wildman–Crippen LogP) is 2.80. The average molecular weight is 231 g/mol. The molecule has 0 rings (SSSR count). The molecule has 0 fully saturated rings. The average Bonchev–Trinajstić information content (AvgIpc) is 2.25. The van der Waals surface area contributed by atoms with Crippen LogP contribution in [0.5, 0.6) is 0 Å². The van der Waals surface area contributed by atoms with Gasteiger partial charge in [0.15, 0.2) is 0 Å². The zero-order valence-corrected chi connectivity index (χ0v) is 10.8. The first-order valence-electron chi connectivity index (χ1n) is 5.43. The highest BCUT2D eigenvalue weighted by Gasteiger charge is 1.99. The molecule has 0 bridgehead atoms. The molecule has 0 amide bonds. The van der Waals surface area contributed by atoms with E-state index in [4.69, 9.17) is 11.5 Å². The number of aliphatic imine (C=N–C) groups is 1. The Morgan fingerprint density at radius 2 is 1.82 bits per heavy atom. The molecule has 0 unspecified atom stereocenters. The van der Waals surface area contributed by atoms with Crippen molar-refractivity contribution in [3.8, 4) is 0 Å². The summed E-state index contributed by atoms with van der Waals surface area (Å²) in [5.41, 5.74) is 14.1. The maximum Gasteiger partial charge on any atom is 0.0878 e. The number of nitrogens with two attached hydrogens (primary N) is 2. The van der Waals surface area contributed by atoms with Crippen LogP contribution in [0, 0.1) is 0 Å². The fourth-order valence-electron chi connectivity index (χ4n) is 1.21. The smallest absolute Gasteiger partial charge is 0.0878 e. The second-order valence-electron chi connectivity index (χ2n) is 3.47. The maximum atomic E-state index is 5.83. The molecule has 4 N–H and O–H groups in total. The van der Waals surface area contributed by atoms with Crippen molar-refractivity contribution >= 4 is 6.21 Å². The monoisotopic (exact) mass is 231 g/mol. The quantitative estimate of drug-likeness (QED) is 0.564. The molecule has 0 aromatic rings. The fraction of sp³-hybridized carbons (Fsp3) is 0.214. The highest BCUT2D eigenvalue weighted by molar-refractivity contribution is 5.58. The largest absolute Gasteiger partial charge is 0.399 e. The molecule has 3 heteroatoms. The highest BCUT2D eigenvalue weighted by atomic mass is 14.8. The summed E-state index contributed by atoms with van der Waals surface area (Å²) < 4.78 is 0. The lowest BCUT2D eigenvalue weighted by atomic mass is 10.1. The molecule has 0 saturated heterocycles. The molecule has 0 aliphatic heterocycles. The Morgan fingerprint density at radius 1 is 1.18 bits per heavy atom. The third-order valence-electron chi connectivity index (χ3n) is 1.91. The lowest BCUT2D eigenvalue weighted by molar-refractivity contribution is 1.20. The van der Waals surface area contributed by atoms with Crippen LogP contribution in [0.25, 0.3) is 0 Å². The topological polar surface area (TPSA) is 64.4 Å². The molecular weight excluding hydrogens is 210 g/mol. The van der Waals surface area contributed by atoms with Gasteiger partial charge >= 0.3 is 0 Å². The Balaban J connectivity index is 5.13. The van der Waals surface area contributed by atoms with E-state index in [0.29, 0.717) is 17.1 Å². The number of hydrogen-bond acceptors (Lipinski definition) is 3. The first kappa shape index (κ1) is 15.0. The van der Waals surface area contributed by atoms with Gasteiger partial charge in [-0.1, -0.05) is 24.8 Å². The summed E-state index contributed by atoms with van der Waals surface area (Å²) >= 11 is 0. The van der Waals surface area contributed by atoms with E-state index in [1.165, 1.54) is 0 Å². The Kier molecular flexibility index (Phi) is 7.19. The standard InChI is InChI=1S/C14H21N3/c1-5-7-8-9-13(16)10-11(3)14(12(4)15)17-6-2/h5-10H,4,15-16H2,1-3H3/b7-5-,9-8-,13-10-,14-11+,17-6-. The number of rotatable bonds is 5. The van der Waals surface area contributed by atoms with Crippen LogP contribution in [-0.2, 0) is 0 Å². The molecule has 92 valence electrons. The first-order chi connectivity index (χ1) is 8.02. The van der Waals surface area contributed by atoms with Crippen molar-refractivity contribution in [3.63, 3.8) is 0 Å². The molecule has 17 heavy (non-hydrogen) atoms. The van der Waals surface area contributed by atoms with Crippen LogP contribution in [0.1, 0.15) is 20.8 Å². The van der Waals surface area contributed by atoms with Crippen LogP contribution in [-0.4, -0.2) is 6.21 Å². The summed E-state index contributed by atoms with van der Waals surface area (Å²) in [4.78, 5) is 4.16. The first-order valence-corrected chi connectivity index (χ1v) is 5.43. The molecule has 0 atom stereocenters. The van der Waals surface area contributed by atoms with Gasteiger partial charge in [-0.2, -0.15) is 0 Å². The molecule has 0 aliphatic rings. The van der Waals surface area contributed by atoms with Gasteiger partial charge in [0.05, 0.1) is 11.4 Å². The van der Waals surface area contributed by atoms with Crippen molar-refractivity contribution in [3.05, 3.63) is 59.6 Å². The van der Waals surface area contributed by atoms with E-state index in [9.17, 15) is 0 Å². The number of allylic oxidation sites excluding steroid dienone is 6. The van der Waals surface area contributed by atoms with Crippen LogP contribution >= 0.6 is 0 Å². The number of hydrogen-bond donors (Lipinski definition) is 2.